The van der Waals surface area contributed by atoms with Gasteiger partial charge < -0.3 is 19.7 Å². The number of aliphatic hydroxyl groups is 2. The predicted molar refractivity (Wildman–Crippen MR) is 117 cm³/mol. The topological polar surface area (TPSA) is 76.0 Å². The van der Waals surface area contributed by atoms with Crippen molar-refractivity contribution in [3.05, 3.63) is 44.6 Å². The molecule has 1 heterocycles. The molecule has 1 aromatic heterocycles. The summed E-state index contributed by atoms with van der Waals surface area (Å²) >= 11 is 1.67. The third kappa shape index (κ3) is 3.66. The predicted octanol–water partition coefficient (Wildman–Crippen LogP) is 3.91. The minimum atomic E-state index is -0.931. The molecule has 162 valence electrons. The van der Waals surface area contributed by atoms with Crippen molar-refractivity contribution in [2.45, 2.75) is 52.1 Å². The van der Waals surface area contributed by atoms with Gasteiger partial charge in [0.2, 0.25) is 0 Å². The van der Waals surface area contributed by atoms with Crippen molar-refractivity contribution in [3.8, 4) is 11.5 Å². The Morgan fingerprint density at radius 1 is 1.33 bits per heavy atom. The molecule has 0 radical (unpaired) electrons. The van der Waals surface area contributed by atoms with E-state index in [0.717, 1.165) is 16.9 Å². The van der Waals surface area contributed by atoms with E-state index < -0.39 is 6.10 Å². The van der Waals surface area contributed by atoms with Crippen molar-refractivity contribution in [2.24, 2.45) is 11.3 Å². The van der Waals surface area contributed by atoms with Gasteiger partial charge in [-0.25, -0.2) is 0 Å². The molecule has 0 amide bonds. The molecular weight excluding hydrogens is 400 g/mol. The van der Waals surface area contributed by atoms with Crippen molar-refractivity contribution in [2.75, 3.05) is 20.3 Å². The SMILES string of the molecule is COc1cc(CCC(=O)c2sc(C)c3c2C[C@@H]2[C@H]3C2(C)C)ccc1OC[C@@H](O)CO. The fraction of sp³-hybridized carbons (Fsp3) is 0.542. The minimum absolute atomic E-state index is 0.00761. The lowest BCUT2D eigenvalue weighted by Gasteiger charge is -2.14. The van der Waals surface area contributed by atoms with E-state index in [1.165, 1.54) is 16.0 Å². The molecule has 5 nitrogen and oxygen atoms in total. The Hall–Kier alpha value is -1.89. The maximum Gasteiger partial charge on any atom is 0.173 e. The molecule has 1 aromatic carbocycles. The Balaban J connectivity index is 1.42. The van der Waals surface area contributed by atoms with Crippen LogP contribution in [0.25, 0.3) is 0 Å². The highest BCUT2D eigenvalue weighted by Crippen LogP contribution is 2.71. The number of fused-ring (bicyclic) bond motifs is 3. The minimum Gasteiger partial charge on any atom is -0.493 e. The van der Waals surface area contributed by atoms with Crippen LogP contribution in [0.15, 0.2) is 18.2 Å². The van der Waals surface area contributed by atoms with Gasteiger partial charge in [0.1, 0.15) is 12.7 Å². The van der Waals surface area contributed by atoms with Crippen LogP contribution in [-0.4, -0.2) is 42.4 Å². The number of ether oxygens (including phenoxy) is 2. The van der Waals surface area contributed by atoms with Crippen LogP contribution in [-0.2, 0) is 12.8 Å². The second-order valence-corrected chi connectivity index (χ2v) is 10.3. The molecule has 1 fully saturated rings. The summed E-state index contributed by atoms with van der Waals surface area (Å²) in [6, 6.07) is 5.57. The number of hydrogen-bond donors (Lipinski definition) is 2. The van der Waals surface area contributed by atoms with E-state index in [0.29, 0.717) is 41.6 Å². The fourth-order valence-electron chi connectivity index (χ4n) is 4.95. The van der Waals surface area contributed by atoms with E-state index in [9.17, 15) is 9.90 Å². The van der Waals surface area contributed by atoms with Crippen molar-refractivity contribution in [1.29, 1.82) is 0 Å². The van der Waals surface area contributed by atoms with Gasteiger partial charge in [0.25, 0.3) is 0 Å². The average molecular weight is 431 g/mol. The first-order valence-electron chi connectivity index (χ1n) is 10.5. The van der Waals surface area contributed by atoms with Crippen molar-refractivity contribution in [3.63, 3.8) is 0 Å². The Kier molecular flexibility index (Phi) is 5.68. The van der Waals surface area contributed by atoms with Crippen LogP contribution in [0.1, 0.15) is 57.4 Å². The van der Waals surface area contributed by atoms with Gasteiger partial charge in [-0.3, -0.25) is 4.79 Å². The molecule has 3 atom stereocenters. The summed E-state index contributed by atoms with van der Waals surface area (Å²) in [5.74, 6) is 2.65. The highest BCUT2D eigenvalue weighted by molar-refractivity contribution is 7.14. The molecule has 0 spiro atoms. The van der Waals surface area contributed by atoms with E-state index in [2.05, 4.69) is 20.8 Å². The van der Waals surface area contributed by atoms with E-state index in [1.54, 1.807) is 24.5 Å². The molecule has 6 heteroatoms. The maximum atomic E-state index is 13.0. The molecule has 0 unspecified atom stereocenters. The van der Waals surface area contributed by atoms with Crippen LogP contribution in [0, 0.1) is 18.3 Å². The molecule has 30 heavy (non-hydrogen) atoms. The van der Waals surface area contributed by atoms with Crippen LogP contribution in [0.5, 0.6) is 11.5 Å². The molecule has 2 aliphatic carbocycles. The van der Waals surface area contributed by atoms with E-state index in [-0.39, 0.29) is 19.0 Å². The smallest absolute Gasteiger partial charge is 0.173 e. The highest BCUT2D eigenvalue weighted by atomic mass is 32.1. The number of benzene rings is 1. The average Bonchev–Trinajstić information content (AvgIpc) is 3.06. The normalized spacial score (nSPS) is 21.7. The zero-order valence-corrected chi connectivity index (χ0v) is 18.8. The largest absolute Gasteiger partial charge is 0.493 e. The number of aryl methyl sites for hydroxylation is 2. The lowest BCUT2D eigenvalue weighted by Crippen LogP contribution is -2.21. The number of hydrogen-bond acceptors (Lipinski definition) is 6. The van der Waals surface area contributed by atoms with Gasteiger partial charge >= 0.3 is 0 Å². The number of methoxy groups -OCH3 is 1. The summed E-state index contributed by atoms with van der Waals surface area (Å²) in [5.41, 5.74) is 4.18. The zero-order valence-electron chi connectivity index (χ0n) is 18.0. The molecular formula is C24H30O5S. The van der Waals surface area contributed by atoms with Crippen LogP contribution >= 0.6 is 11.3 Å². The Labute approximate surface area is 181 Å². The second kappa shape index (κ2) is 7.98. The standard InChI is InChI=1S/C24H30O5S/c1-13-21-16(10-17-22(21)24(17,2)3)23(30-13)18(27)7-5-14-6-8-19(20(9-14)28-4)29-12-15(26)11-25/h6,8-9,15,17,22,25-26H,5,7,10-12H2,1-4H3/t15-,17+,22+/m0/s1. The third-order valence-corrected chi connectivity index (χ3v) is 7.99. The number of Topliss-reactive ketones (excluding diaryl/α,β-unsaturated/α-hetero) is 1. The number of rotatable bonds is 9. The number of carbonyl (C=O) groups is 1. The molecule has 2 N–H and O–H groups in total. The summed E-state index contributed by atoms with van der Waals surface area (Å²) < 4.78 is 10.9. The van der Waals surface area contributed by atoms with Gasteiger partial charge in [0, 0.05) is 11.3 Å². The molecule has 4 rings (SSSR count). The summed E-state index contributed by atoms with van der Waals surface area (Å²) in [4.78, 5) is 15.3. The Morgan fingerprint density at radius 3 is 2.80 bits per heavy atom. The summed E-state index contributed by atoms with van der Waals surface area (Å²) in [6.45, 7) is 6.48. The molecule has 0 aliphatic heterocycles. The summed E-state index contributed by atoms with van der Waals surface area (Å²) in [6.07, 6.45) is 1.23. The van der Waals surface area contributed by atoms with Gasteiger partial charge in [0.15, 0.2) is 17.3 Å². The van der Waals surface area contributed by atoms with Crippen molar-refractivity contribution < 1.29 is 24.5 Å². The van der Waals surface area contributed by atoms with Gasteiger partial charge in [-0.15, -0.1) is 11.3 Å². The van der Waals surface area contributed by atoms with Crippen LogP contribution in [0.2, 0.25) is 0 Å². The highest BCUT2D eigenvalue weighted by Gasteiger charge is 2.63. The van der Waals surface area contributed by atoms with E-state index >= 15 is 0 Å². The molecule has 0 bridgehead atoms. The molecule has 1 saturated carbocycles. The quantitative estimate of drug-likeness (QED) is 0.590. The second-order valence-electron chi connectivity index (χ2n) is 9.05. The van der Waals surface area contributed by atoms with Crippen molar-refractivity contribution in [1.82, 2.24) is 0 Å². The number of carbonyl (C=O) groups excluding carboxylic acids is 1. The number of thiophene rings is 1. The zero-order chi connectivity index (χ0) is 21.6. The molecule has 2 aliphatic rings. The van der Waals surface area contributed by atoms with E-state index in [4.69, 9.17) is 14.6 Å². The van der Waals surface area contributed by atoms with Gasteiger partial charge in [0.05, 0.1) is 18.6 Å². The number of ketones is 1. The lowest BCUT2D eigenvalue weighted by molar-refractivity contribution is 0.0527. The Morgan fingerprint density at radius 2 is 2.10 bits per heavy atom. The third-order valence-electron chi connectivity index (χ3n) is 6.78. The molecule has 0 saturated heterocycles. The van der Waals surface area contributed by atoms with Gasteiger partial charge in [-0.05, 0) is 65.8 Å². The van der Waals surface area contributed by atoms with Crippen LogP contribution < -0.4 is 9.47 Å². The lowest BCUT2D eigenvalue weighted by atomic mass is 9.94. The van der Waals surface area contributed by atoms with Crippen LogP contribution in [0.4, 0.5) is 0 Å². The first-order valence-corrected chi connectivity index (χ1v) is 11.3. The summed E-state index contributed by atoms with van der Waals surface area (Å²) in [5, 5.41) is 18.4. The van der Waals surface area contributed by atoms with Crippen LogP contribution in [0.3, 0.4) is 0 Å². The Bertz CT molecular complexity index is 961. The van der Waals surface area contributed by atoms with E-state index in [1.807, 2.05) is 12.1 Å². The van der Waals surface area contributed by atoms with Crippen molar-refractivity contribution >= 4 is 17.1 Å². The fourth-order valence-corrected chi connectivity index (χ4v) is 6.15. The first-order chi connectivity index (χ1) is 14.3. The van der Waals surface area contributed by atoms with Gasteiger partial charge in [-0.2, -0.15) is 0 Å². The first kappa shape index (κ1) is 21.3. The van der Waals surface area contributed by atoms with Gasteiger partial charge in [-0.1, -0.05) is 19.9 Å². The molecule has 2 aromatic rings. The maximum absolute atomic E-state index is 13.0. The number of aliphatic hydroxyl groups excluding tert-OH is 2. The monoisotopic (exact) mass is 430 g/mol. The summed E-state index contributed by atoms with van der Waals surface area (Å²) in [7, 11) is 1.56.